The molecule has 3 aromatic rings. The molecule has 1 aromatic heterocycles. The lowest BCUT2D eigenvalue weighted by atomic mass is 10.1. The van der Waals surface area contributed by atoms with Gasteiger partial charge in [0.15, 0.2) is 6.29 Å². The predicted molar refractivity (Wildman–Crippen MR) is 67.0 cm³/mol. The van der Waals surface area contributed by atoms with Crippen molar-refractivity contribution >= 4 is 17.3 Å². The van der Waals surface area contributed by atoms with E-state index >= 15 is 0 Å². The van der Waals surface area contributed by atoms with Gasteiger partial charge in [-0.25, -0.2) is 8.78 Å². The van der Waals surface area contributed by atoms with Crippen LogP contribution in [-0.2, 0) is 0 Å². The molecule has 0 aliphatic rings. The molecular formula is C15H8F2O2. The lowest BCUT2D eigenvalue weighted by Gasteiger charge is -2.00. The molecule has 4 heteroatoms. The number of halogens is 2. The van der Waals surface area contributed by atoms with Gasteiger partial charge in [0.05, 0.1) is 0 Å². The number of aldehydes is 1. The van der Waals surface area contributed by atoms with Crippen molar-refractivity contribution in [2.24, 2.45) is 0 Å². The average Bonchev–Trinajstić information content (AvgIpc) is 2.81. The molecule has 0 radical (unpaired) electrons. The van der Waals surface area contributed by atoms with Gasteiger partial charge in [-0.05, 0) is 42.5 Å². The number of carbonyl (C=O) groups is 1. The van der Waals surface area contributed by atoms with E-state index in [-0.39, 0.29) is 11.4 Å². The molecule has 0 atom stereocenters. The quantitative estimate of drug-likeness (QED) is 0.645. The summed E-state index contributed by atoms with van der Waals surface area (Å²) in [4.78, 5) is 11.0. The highest BCUT2D eigenvalue weighted by molar-refractivity contribution is 5.90. The van der Waals surface area contributed by atoms with Crippen molar-refractivity contribution < 1.29 is 18.0 Å². The highest BCUT2D eigenvalue weighted by Crippen LogP contribution is 2.30. The second kappa shape index (κ2) is 4.31. The van der Waals surface area contributed by atoms with Gasteiger partial charge in [-0.15, -0.1) is 0 Å². The summed E-state index contributed by atoms with van der Waals surface area (Å²) in [5.41, 5.74) is 1.19. The Kier molecular flexibility index (Phi) is 2.63. The number of fused-ring (bicyclic) bond motifs is 1. The minimum atomic E-state index is -0.493. The molecule has 2 nitrogen and oxygen atoms in total. The zero-order valence-electron chi connectivity index (χ0n) is 9.69. The van der Waals surface area contributed by atoms with Crippen LogP contribution in [0.3, 0.4) is 0 Å². The van der Waals surface area contributed by atoms with Gasteiger partial charge in [-0.3, -0.25) is 4.79 Å². The standard InChI is InChI=1S/C15H8F2O2/c16-11-1-3-13(10(6-11)8-18)15-7-9-5-12(17)2-4-14(9)19-15/h1-8H. The zero-order chi connectivity index (χ0) is 13.4. The van der Waals surface area contributed by atoms with E-state index in [0.717, 1.165) is 6.07 Å². The lowest BCUT2D eigenvalue weighted by molar-refractivity contribution is 0.112. The smallest absolute Gasteiger partial charge is 0.150 e. The van der Waals surface area contributed by atoms with Crippen LogP contribution in [0, 0.1) is 11.6 Å². The molecule has 0 saturated carbocycles. The fraction of sp³-hybridized carbons (Fsp3) is 0. The monoisotopic (exact) mass is 258 g/mol. The summed E-state index contributed by atoms with van der Waals surface area (Å²) >= 11 is 0. The Hall–Kier alpha value is -2.49. The summed E-state index contributed by atoms with van der Waals surface area (Å²) in [7, 11) is 0. The average molecular weight is 258 g/mol. The van der Waals surface area contributed by atoms with Gasteiger partial charge < -0.3 is 4.42 Å². The van der Waals surface area contributed by atoms with Crippen molar-refractivity contribution in [3.8, 4) is 11.3 Å². The minimum absolute atomic E-state index is 0.194. The fourth-order valence-corrected chi connectivity index (χ4v) is 2.00. The fourth-order valence-electron chi connectivity index (χ4n) is 2.00. The van der Waals surface area contributed by atoms with Crippen LogP contribution in [0.4, 0.5) is 8.78 Å². The number of benzene rings is 2. The Morgan fingerprint density at radius 1 is 0.947 bits per heavy atom. The summed E-state index contributed by atoms with van der Waals surface area (Å²) in [6, 6.07) is 9.61. The van der Waals surface area contributed by atoms with E-state index in [1.165, 1.54) is 30.3 Å². The van der Waals surface area contributed by atoms with Crippen LogP contribution >= 0.6 is 0 Å². The molecule has 0 saturated heterocycles. The van der Waals surface area contributed by atoms with Gasteiger partial charge in [0.1, 0.15) is 23.0 Å². The van der Waals surface area contributed by atoms with Crippen molar-refractivity contribution in [1.82, 2.24) is 0 Å². The van der Waals surface area contributed by atoms with E-state index in [2.05, 4.69) is 0 Å². The minimum Gasteiger partial charge on any atom is -0.456 e. The molecule has 0 unspecified atom stereocenters. The predicted octanol–water partition coefficient (Wildman–Crippen LogP) is 4.19. The Morgan fingerprint density at radius 2 is 1.68 bits per heavy atom. The van der Waals surface area contributed by atoms with Crippen molar-refractivity contribution in [2.45, 2.75) is 0 Å². The number of furan rings is 1. The summed E-state index contributed by atoms with van der Waals surface area (Å²) in [6.45, 7) is 0. The molecule has 0 N–H and O–H groups in total. The molecular weight excluding hydrogens is 250 g/mol. The summed E-state index contributed by atoms with van der Waals surface area (Å²) < 4.78 is 31.7. The molecule has 0 aliphatic carbocycles. The number of rotatable bonds is 2. The van der Waals surface area contributed by atoms with Crippen LogP contribution in [0.1, 0.15) is 10.4 Å². The van der Waals surface area contributed by atoms with E-state index in [9.17, 15) is 13.6 Å². The first kappa shape index (κ1) is 11.6. The van der Waals surface area contributed by atoms with Gasteiger partial charge in [-0.2, -0.15) is 0 Å². The Bertz CT molecular complexity index is 775. The van der Waals surface area contributed by atoms with Gasteiger partial charge in [0, 0.05) is 16.5 Å². The highest BCUT2D eigenvalue weighted by Gasteiger charge is 2.11. The second-order valence-electron chi connectivity index (χ2n) is 4.14. The van der Waals surface area contributed by atoms with Gasteiger partial charge in [0.2, 0.25) is 0 Å². The Balaban J connectivity index is 2.21. The Labute approximate surface area is 107 Å². The number of carbonyl (C=O) groups excluding carboxylic acids is 1. The first-order valence-electron chi connectivity index (χ1n) is 5.61. The van der Waals surface area contributed by atoms with Crippen LogP contribution in [0.5, 0.6) is 0 Å². The third-order valence-electron chi connectivity index (χ3n) is 2.88. The maximum Gasteiger partial charge on any atom is 0.150 e. The van der Waals surface area contributed by atoms with Crippen LogP contribution in [0.25, 0.3) is 22.3 Å². The van der Waals surface area contributed by atoms with Crippen LogP contribution < -0.4 is 0 Å². The van der Waals surface area contributed by atoms with Crippen molar-refractivity contribution in [2.75, 3.05) is 0 Å². The van der Waals surface area contributed by atoms with Crippen LogP contribution in [0.15, 0.2) is 46.9 Å². The largest absolute Gasteiger partial charge is 0.456 e. The van der Waals surface area contributed by atoms with Crippen LogP contribution in [-0.4, -0.2) is 6.29 Å². The molecule has 1 heterocycles. The second-order valence-corrected chi connectivity index (χ2v) is 4.14. The molecule has 0 amide bonds. The van der Waals surface area contributed by atoms with E-state index in [4.69, 9.17) is 4.42 Å². The van der Waals surface area contributed by atoms with E-state index < -0.39 is 5.82 Å². The topological polar surface area (TPSA) is 30.2 Å². The molecule has 94 valence electrons. The zero-order valence-corrected chi connectivity index (χ0v) is 9.69. The molecule has 2 aromatic carbocycles. The first-order valence-corrected chi connectivity index (χ1v) is 5.61. The maximum absolute atomic E-state index is 13.1. The third kappa shape index (κ3) is 2.01. The molecule has 0 fully saturated rings. The molecule has 3 rings (SSSR count). The molecule has 0 aliphatic heterocycles. The van der Waals surface area contributed by atoms with Crippen LogP contribution in [0.2, 0.25) is 0 Å². The number of hydrogen-bond donors (Lipinski definition) is 0. The summed E-state index contributed by atoms with van der Waals surface area (Å²) in [5, 5.41) is 0.594. The van der Waals surface area contributed by atoms with Gasteiger partial charge in [0.25, 0.3) is 0 Å². The lowest BCUT2D eigenvalue weighted by Crippen LogP contribution is -1.87. The summed E-state index contributed by atoms with van der Waals surface area (Å²) in [6.07, 6.45) is 0.562. The molecule has 0 spiro atoms. The third-order valence-corrected chi connectivity index (χ3v) is 2.88. The summed E-state index contributed by atoms with van der Waals surface area (Å²) in [5.74, 6) is -0.453. The van der Waals surface area contributed by atoms with E-state index in [1.807, 2.05) is 0 Å². The Morgan fingerprint density at radius 3 is 2.47 bits per heavy atom. The SMILES string of the molecule is O=Cc1cc(F)ccc1-c1cc2cc(F)ccc2o1. The molecule has 19 heavy (non-hydrogen) atoms. The normalized spacial score (nSPS) is 10.8. The molecule has 0 bridgehead atoms. The first-order chi connectivity index (χ1) is 9.17. The van der Waals surface area contributed by atoms with E-state index in [1.54, 1.807) is 6.07 Å². The van der Waals surface area contributed by atoms with Crippen molar-refractivity contribution in [3.05, 3.63) is 59.7 Å². The van der Waals surface area contributed by atoms with Gasteiger partial charge >= 0.3 is 0 Å². The van der Waals surface area contributed by atoms with E-state index in [0.29, 0.717) is 28.6 Å². The highest BCUT2D eigenvalue weighted by atomic mass is 19.1. The maximum atomic E-state index is 13.1. The van der Waals surface area contributed by atoms with Gasteiger partial charge in [-0.1, -0.05) is 0 Å². The van der Waals surface area contributed by atoms with Crippen molar-refractivity contribution in [1.29, 1.82) is 0 Å². The van der Waals surface area contributed by atoms with Crippen molar-refractivity contribution in [3.63, 3.8) is 0 Å². The number of hydrogen-bond acceptors (Lipinski definition) is 2.